The molecule has 1 aliphatic rings. The molecule has 0 aromatic heterocycles. The molecular formula is C22H29IN4O. The fourth-order valence-electron chi connectivity index (χ4n) is 3.20. The number of rotatable bonds is 6. The molecule has 0 saturated carbocycles. The third-order valence-electron chi connectivity index (χ3n) is 4.83. The van der Waals surface area contributed by atoms with E-state index >= 15 is 0 Å². The highest BCUT2D eigenvalue weighted by Gasteiger charge is 2.21. The Balaban J connectivity index is 0.00000280. The zero-order chi connectivity index (χ0) is 19.1. The molecule has 2 aromatic carbocycles. The molecule has 0 radical (unpaired) electrons. The summed E-state index contributed by atoms with van der Waals surface area (Å²) in [6, 6.07) is 16.8. The van der Waals surface area contributed by atoms with Crippen molar-refractivity contribution in [2.45, 2.75) is 32.7 Å². The van der Waals surface area contributed by atoms with Crippen LogP contribution in [0.1, 0.15) is 29.5 Å². The van der Waals surface area contributed by atoms with E-state index in [-0.39, 0.29) is 29.9 Å². The van der Waals surface area contributed by atoms with E-state index in [0.717, 1.165) is 43.1 Å². The van der Waals surface area contributed by atoms with Gasteiger partial charge in [0.15, 0.2) is 5.96 Å². The maximum atomic E-state index is 11.8. The summed E-state index contributed by atoms with van der Waals surface area (Å²) in [6.45, 7) is 4.45. The summed E-state index contributed by atoms with van der Waals surface area (Å²) in [5, 5.41) is 6.69. The number of nitrogens with one attached hydrogen (secondary N) is 2. The van der Waals surface area contributed by atoms with Crippen LogP contribution in [-0.2, 0) is 17.8 Å². The van der Waals surface area contributed by atoms with Crippen molar-refractivity contribution in [3.63, 3.8) is 0 Å². The Hall–Kier alpha value is -2.09. The van der Waals surface area contributed by atoms with Crippen LogP contribution in [0, 0.1) is 6.92 Å². The van der Waals surface area contributed by atoms with E-state index in [4.69, 9.17) is 0 Å². The van der Waals surface area contributed by atoms with E-state index in [0.29, 0.717) is 13.0 Å². The van der Waals surface area contributed by atoms with Gasteiger partial charge in [-0.2, -0.15) is 0 Å². The molecule has 3 rings (SSSR count). The summed E-state index contributed by atoms with van der Waals surface area (Å²) in [7, 11) is 1.78. The Labute approximate surface area is 184 Å². The number of guanidine groups is 1. The van der Waals surface area contributed by atoms with Crippen LogP contribution in [0.25, 0.3) is 0 Å². The van der Waals surface area contributed by atoms with E-state index in [9.17, 15) is 4.79 Å². The molecule has 1 saturated heterocycles. The minimum Gasteiger partial charge on any atom is -0.356 e. The summed E-state index contributed by atoms with van der Waals surface area (Å²) in [5.41, 5.74) is 4.74. The molecule has 2 aromatic rings. The number of carbonyl (C=O) groups is 1. The maximum absolute atomic E-state index is 11.8. The first-order valence-electron chi connectivity index (χ1n) is 9.55. The largest absolute Gasteiger partial charge is 0.356 e. The van der Waals surface area contributed by atoms with Crippen molar-refractivity contribution in [3.05, 3.63) is 65.2 Å². The van der Waals surface area contributed by atoms with E-state index in [1.807, 2.05) is 17.0 Å². The van der Waals surface area contributed by atoms with Crippen LogP contribution in [0.4, 0.5) is 5.69 Å². The van der Waals surface area contributed by atoms with Crippen molar-refractivity contribution in [1.82, 2.24) is 10.6 Å². The van der Waals surface area contributed by atoms with E-state index in [1.165, 1.54) is 11.1 Å². The third-order valence-corrected chi connectivity index (χ3v) is 4.83. The SMILES string of the molecule is CN=C(NCCc1ccc(C)cc1)NCc1ccc(N2CCCC2=O)cc1.I. The number of nitrogens with zero attached hydrogens (tertiary/aromatic N) is 2. The minimum atomic E-state index is 0. The van der Waals surface area contributed by atoms with Gasteiger partial charge in [0.1, 0.15) is 0 Å². The summed E-state index contributed by atoms with van der Waals surface area (Å²) < 4.78 is 0. The molecule has 2 N–H and O–H groups in total. The normalized spacial score (nSPS) is 14.0. The molecule has 1 fully saturated rings. The van der Waals surface area contributed by atoms with E-state index in [2.05, 4.69) is 58.9 Å². The summed E-state index contributed by atoms with van der Waals surface area (Å²) in [6.07, 6.45) is 2.57. The first-order valence-corrected chi connectivity index (χ1v) is 9.55. The van der Waals surface area contributed by atoms with Gasteiger partial charge in [-0.1, -0.05) is 42.0 Å². The summed E-state index contributed by atoms with van der Waals surface area (Å²) in [5.74, 6) is 1.01. The summed E-state index contributed by atoms with van der Waals surface area (Å²) >= 11 is 0. The molecule has 0 bridgehead atoms. The number of carbonyl (C=O) groups excluding carboxylic acids is 1. The van der Waals surface area contributed by atoms with Gasteiger partial charge in [0, 0.05) is 38.8 Å². The second-order valence-electron chi connectivity index (χ2n) is 6.90. The maximum Gasteiger partial charge on any atom is 0.227 e. The Morgan fingerprint density at radius 3 is 2.32 bits per heavy atom. The quantitative estimate of drug-likeness (QED) is 0.368. The molecule has 0 atom stereocenters. The zero-order valence-electron chi connectivity index (χ0n) is 16.6. The van der Waals surface area contributed by atoms with Crippen LogP contribution < -0.4 is 15.5 Å². The van der Waals surface area contributed by atoms with Gasteiger partial charge in [-0.15, -0.1) is 24.0 Å². The molecule has 150 valence electrons. The number of hydrogen-bond acceptors (Lipinski definition) is 2. The predicted molar refractivity (Wildman–Crippen MR) is 127 cm³/mol. The molecule has 1 heterocycles. The van der Waals surface area contributed by atoms with Gasteiger partial charge < -0.3 is 15.5 Å². The highest BCUT2D eigenvalue weighted by atomic mass is 127. The van der Waals surface area contributed by atoms with Crippen molar-refractivity contribution in [1.29, 1.82) is 0 Å². The van der Waals surface area contributed by atoms with Gasteiger partial charge >= 0.3 is 0 Å². The Kier molecular flexibility index (Phi) is 8.76. The molecule has 1 amide bonds. The molecule has 0 unspecified atom stereocenters. The van der Waals surface area contributed by atoms with Crippen LogP contribution in [0.5, 0.6) is 0 Å². The highest BCUT2D eigenvalue weighted by Crippen LogP contribution is 2.21. The molecule has 5 nitrogen and oxygen atoms in total. The lowest BCUT2D eigenvalue weighted by molar-refractivity contribution is -0.117. The second kappa shape index (κ2) is 11.0. The van der Waals surface area contributed by atoms with Gasteiger partial charge in [-0.3, -0.25) is 9.79 Å². The monoisotopic (exact) mass is 492 g/mol. The number of aliphatic imine (C=N–C) groups is 1. The van der Waals surface area contributed by atoms with Crippen molar-refractivity contribution >= 4 is 41.5 Å². The molecule has 0 spiro atoms. The molecule has 1 aliphatic heterocycles. The number of amides is 1. The molecule has 6 heteroatoms. The standard InChI is InChI=1S/C22H28N4O.HI/c1-17-5-7-18(8-6-17)13-14-24-22(23-2)25-16-19-9-11-20(12-10-19)26-15-3-4-21(26)27;/h5-12H,3-4,13-16H2,1-2H3,(H2,23,24,25);1H. The number of anilines is 1. The average Bonchev–Trinajstić information content (AvgIpc) is 3.12. The predicted octanol–water partition coefficient (Wildman–Crippen LogP) is 3.65. The lowest BCUT2D eigenvalue weighted by Crippen LogP contribution is -2.37. The van der Waals surface area contributed by atoms with Gasteiger partial charge in [0.25, 0.3) is 0 Å². The lowest BCUT2D eigenvalue weighted by atomic mass is 10.1. The van der Waals surface area contributed by atoms with Gasteiger partial charge in [-0.05, 0) is 43.0 Å². The van der Waals surface area contributed by atoms with Crippen LogP contribution >= 0.6 is 24.0 Å². The average molecular weight is 492 g/mol. The summed E-state index contributed by atoms with van der Waals surface area (Å²) in [4.78, 5) is 18.0. The highest BCUT2D eigenvalue weighted by molar-refractivity contribution is 14.0. The first kappa shape index (κ1) is 22.2. The van der Waals surface area contributed by atoms with Gasteiger partial charge in [0.05, 0.1) is 0 Å². The Bertz CT molecular complexity index is 787. The van der Waals surface area contributed by atoms with Crippen LogP contribution in [-0.4, -0.2) is 32.0 Å². The van der Waals surface area contributed by atoms with Gasteiger partial charge in [-0.25, -0.2) is 0 Å². The van der Waals surface area contributed by atoms with E-state index in [1.54, 1.807) is 7.05 Å². The minimum absolute atomic E-state index is 0. The number of benzene rings is 2. The lowest BCUT2D eigenvalue weighted by Gasteiger charge is -2.16. The van der Waals surface area contributed by atoms with Crippen LogP contribution in [0.15, 0.2) is 53.5 Å². The van der Waals surface area contributed by atoms with Crippen LogP contribution in [0.2, 0.25) is 0 Å². The second-order valence-corrected chi connectivity index (χ2v) is 6.90. The first-order chi connectivity index (χ1) is 13.2. The van der Waals surface area contributed by atoms with Crippen molar-refractivity contribution in [2.24, 2.45) is 4.99 Å². The molecule has 28 heavy (non-hydrogen) atoms. The zero-order valence-corrected chi connectivity index (χ0v) is 18.9. The third kappa shape index (κ3) is 6.22. The topological polar surface area (TPSA) is 56.7 Å². The molecular weight excluding hydrogens is 463 g/mol. The van der Waals surface area contributed by atoms with Crippen LogP contribution in [0.3, 0.4) is 0 Å². The fourth-order valence-corrected chi connectivity index (χ4v) is 3.20. The smallest absolute Gasteiger partial charge is 0.227 e. The number of aryl methyl sites for hydroxylation is 1. The van der Waals surface area contributed by atoms with Gasteiger partial charge in [0.2, 0.25) is 5.91 Å². The fraction of sp³-hybridized carbons (Fsp3) is 0.364. The Morgan fingerprint density at radius 2 is 1.71 bits per heavy atom. The van der Waals surface area contributed by atoms with Crippen molar-refractivity contribution in [2.75, 3.05) is 25.0 Å². The van der Waals surface area contributed by atoms with E-state index < -0.39 is 0 Å². The Morgan fingerprint density at radius 1 is 1.04 bits per heavy atom. The molecule has 0 aliphatic carbocycles. The van der Waals surface area contributed by atoms with Crippen molar-refractivity contribution < 1.29 is 4.79 Å². The number of hydrogen-bond donors (Lipinski definition) is 2. The number of halogens is 1. The van der Waals surface area contributed by atoms with Crippen molar-refractivity contribution in [3.8, 4) is 0 Å².